The molecule has 5 N–H and O–H groups in total. The first kappa shape index (κ1) is 105. The number of aromatic carboxylic acids is 1. The number of methoxy groups -OCH3 is 5. The number of aliphatic hydroxyl groups excluding tert-OH is 1. The number of carboxylic acids is 3. The van der Waals surface area contributed by atoms with Crippen molar-refractivity contribution in [3.05, 3.63) is 191 Å². The van der Waals surface area contributed by atoms with E-state index in [-0.39, 0.29) is 66.3 Å². The van der Waals surface area contributed by atoms with E-state index in [9.17, 15) is 62.6 Å². The van der Waals surface area contributed by atoms with E-state index in [1.54, 1.807) is 203 Å². The molecule has 4 aliphatic heterocycles. The van der Waals surface area contributed by atoms with Gasteiger partial charge in [0.25, 0.3) is 11.8 Å². The van der Waals surface area contributed by atoms with Crippen LogP contribution >= 0.6 is 53.0 Å². The van der Waals surface area contributed by atoms with Crippen LogP contribution in [0.5, 0.6) is 0 Å². The minimum Gasteiger partial charge on any atom is -0.481 e. The van der Waals surface area contributed by atoms with E-state index in [1.165, 1.54) is 132 Å². The Balaban J connectivity index is 0.000000279. The number of nitrogens with zero attached hydrogens (tertiary/aromatic N) is 2. The molecule has 9 atom stereocenters. The topological polar surface area (TPSA) is 378 Å². The van der Waals surface area contributed by atoms with Crippen molar-refractivity contribution < 1.29 is 116 Å². The fourth-order valence-corrected chi connectivity index (χ4v) is 20.8. The maximum absolute atomic E-state index is 13.4. The average molecular weight is 1810 g/mol. The first-order valence-electron chi connectivity index (χ1n) is 41.1. The maximum atomic E-state index is 13.4. The number of nitrogens with one attached hydrogen (secondary N) is 1. The average Bonchev–Trinajstić information content (AvgIpc) is 1.63. The van der Waals surface area contributed by atoms with Crippen molar-refractivity contribution in [3.8, 4) is 0 Å². The fraction of sp³-hybridized carbons (Fsp3) is 0.478. The number of carboxylic acid groups (broad SMARTS) is 3. The molecule has 0 saturated carbocycles. The molecule has 124 heavy (non-hydrogen) atoms. The molecule has 676 valence electrons. The second-order valence-corrected chi connectivity index (χ2v) is 38.7. The number of β-amino-alcohol motifs (C(OH)–C–C–N with tert-alkyl or cyclic N) is 1. The number of aliphatic carboxylic acids is 2. The molecule has 0 radical (unpaired) electrons. The lowest BCUT2D eigenvalue weighted by molar-refractivity contribution is -0.159. The number of hydrogen-bond donors (Lipinski definition) is 5. The van der Waals surface area contributed by atoms with Gasteiger partial charge < -0.3 is 73.4 Å². The molecule has 4 saturated heterocycles. The third-order valence-electron chi connectivity index (χ3n) is 19.5. The Morgan fingerprint density at radius 1 is 0.444 bits per heavy atom. The van der Waals surface area contributed by atoms with Crippen molar-refractivity contribution in [1.82, 2.24) is 15.1 Å². The van der Waals surface area contributed by atoms with Crippen molar-refractivity contribution >= 4 is 125 Å². The number of rotatable bonds is 31. The van der Waals surface area contributed by atoms with Crippen molar-refractivity contribution in [3.63, 3.8) is 0 Å². The molecule has 0 aliphatic carbocycles. The second kappa shape index (κ2) is 54.5. The summed E-state index contributed by atoms with van der Waals surface area (Å²) in [5.41, 5.74) is 1.09. The number of aliphatic hydroxyl groups is 1. The van der Waals surface area contributed by atoms with Crippen LogP contribution in [-0.2, 0) is 66.7 Å². The molecule has 6 aromatic carbocycles. The molecule has 10 rings (SSSR count). The zero-order valence-electron chi connectivity index (χ0n) is 73.1. The van der Waals surface area contributed by atoms with Gasteiger partial charge in [0.1, 0.15) is 29.3 Å². The zero-order valence-corrected chi connectivity index (χ0v) is 77.2. The summed E-state index contributed by atoms with van der Waals surface area (Å²) in [6.07, 6.45) is 14.3. The second-order valence-electron chi connectivity index (χ2n) is 31.1. The standard InChI is InChI=1S/C27H31NO7S.C19H25NO6.C16H14O4S2.C14H15NO6S.C12H27P.C4H8O/c1-27(2,3)35-22(29)15-20-21(36-19-13-11-18(12-14-19)25(31)33-4)16-28(23(20)26(32)34-5)24(30)17-9-7-6-8-10-17;1-19(2,3)26-15(22)10-13-14(21)11-20(16(13)18(24)25-4)17(23)12-8-6-5-7-9-12;1-19-15(17)11-3-7-13(8-4-11)21-22-14-9-5-12(6-10-14)16(18)20-2;16-11(17)5-9-10(6-15-12(9)14(20)21)22-8-3-1-7(2-4-8)13(18)19;1-4-7-10-13(11-8-5-2)12-9-6-3;1-2-4-5-3-1/h6-14,20-21,23H,15-16H2,1-5H3;5-9,13-14,16,21H,10-11H2,1-4H3;3-10H,1-2H3;1-4,9-10,12,15H,5-6H2,(H,16,17)(H,18,19)(H,20,21);4-12H2,1-3H3;1-4H2/t20-,21?,23-;13-,14?,16-;;9-,10?,12-;;/m00.0../s1. The van der Waals surface area contributed by atoms with Crippen LogP contribution < -0.4 is 5.32 Å². The van der Waals surface area contributed by atoms with E-state index in [4.69, 9.17) is 43.7 Å². The van der Waals surface area contributed by atoms with E-state index < -0.39 is 107 Å². The monoisotopic (exact) mass is 1810 g/mol. The van der Waals surface area contributed by atoms with Gasteiger partial charge in [0.05, 0.1) is 83.2 Å². The number of ether oxygens (including phenoxy) is 8. The number of thioether (sulfide) groups is 2. The predicted octanol–water partition coefficient (Wildman–Crippen LogP) is 16.1. The van der Waals surface area contributed by atoms with Gasteiger partial charge in [-0.15, -0.1) is 31.4 Å². The van der Waals surface area contributed by atoms with Crippen molar-refractivity contribution in [2.75, 3.05) is 86.9 Å². The molecule has 0 bridgehead atoms. The Hall–Kier alpha value is -9.33. The number of hydrogen-bond acceptors (Lipinski definition) is 26. The summed E-state index contributed by atoms with van der Waals surface area (Å²) in [5, 5.41) is 39.7. The summed E-state index contributed by atoms with van der Waals surface area (Å²) >= 11 is 2.79. The Labute approximate surface area is 745 Å². The number of unbranched alkanes of at least 4 members (excludes halogenated alkanes) is 3. The first-order valence-corrected chi connectivity index (χ1v) is 46.9. The van der Waals surface area contributed by atoms with E-state index in [1.807, 2.05) is 24.3 Å². The van der Waals surface area contributed by atoms with Crippen LogP contribution in [0.4, 0.5) is 0 Å². The fourth-order valence-electron chi connectivity index (χ4n) is 13.3. The van der Waals surface area contributed by atoms with Crippen molar-refractivity contribution in [2.45, 2.75) is 198 Å². The molecule has 3 unspecified atom stereocenters. The van der Waals surface area contributed by atoms with E-state index >= 15 is 0 Å². The minimum atomic E-state index is -1.06. The van der Waals surface area contributed by atoms with Crippen molar-refractivity contribution in [1.29, 1.82) is 0 Å². The lowest BCUT2D eigenvalue weighted by atomic mass is 9.94. The molecule has 4 aliphatic rings. The SMILES string of the molecule is C1CCOC1.CCCCP(CCCC)CCCC.COC(=O)[C@@H]1[C@@H](CC(=O)OC(C)(C)C)C(O)CN1C(=O)c1ccccc1.COC(=O)c1ccc(SC2CN(C(=O)c3ccccc3)[C@H](C(=O)OC)[C@H]2CC(=O)OC(C)(C)C)cc1.COC(=O)c1ccc(SSc2ccc(C(=O)OC)cc2)cc1.O=C(O)C[C@H]1C(Sc2ccc(C(=O)O)cc2)CN[C@@H]1C(=O)O. The van der Waals surface area contributed by atoms with Gasteiger partial charge in [0.15, 0.2) is 0 Å². The van der Waals surface area contributed by atoms with Crippen LogP contribution in [0.1, 0.15) is 195 Å². The molecule has 0 spiro atoms. The number of amides is 2. The number of carbonyl (C=O) groups is 12. The summed E-state index contributed by atoms with van der Waals surface area (Å²) in [4.78, 5) is 150. The number of benzene rings is 6. The van der Waals surface area contributed by atoms with Gasteiger partial charge in [0, 0.05) is 91.8 Å². The number of esters is 7. The summed E-state index contributed by atoms with van der Waals surface area (Å²) in [7, 11) is 10.1. The van der Waals surface area contributed by atoms with Crippen LogP contribution in [0.15, 0.2) is 177 Å². The van der Waals surface area contributed by atoms with Crippen LogP contribution in [0.25, 0.3) is 0 Å². The summed E-state index contributed by atoms with van der Waals surface area (Å²) in [5.74, 6) is -9.07. The quantitative estimate of drug-likeness (QED) is 0.0117. The lowest BCUT2D eigenvalue weighted by Crippen LogP contribution is -2.44. The lowest BCUT2D eigenvalue weighted by Gasteiger charge is -2.27. The van der Waals surface area contributed by atoms with Gasteiger partial charge in [-0.25, -0.2) is 28.8 Å². The highest BCUT2D eigenvalue weighted by atomic mass is 33.1. The van der Waals surface area contributed by atoms with Crippen LogP contribution in [0.3, 0.4) is 0 Å². The molecule has 4 heterocycles. The Bertz CT molecular complexity index is 4280. The molecule has 4 fully saturated rings. The van der Waals surface area contributed by atoms with E-state index in [2.05, 4.69) is 35.6 Å². The van der Waals surface area contributed by atoms with Gasteiger partial charge >= 0.3 is 59.7 Å². The molecule has 6 aromatic rings. The van der Waals surface area contributed by atoms with E-state index in [0.717, 1.165) is 32.8 Å². The predicted molar refractivity (Wildman–Crippen MR) is 480 cm³/mol. The highest BCUT2D eigenvalue weighted by Crippen LogP contribution is 2.43. The largest absolute Gasteiger partial charge is 0.481 e. The first-order chi connectivity index (χ1) is 59.0. The third-order valence-corrected chi connectivity index (χ3v) is 27.4. The normalized spacial score (nSPS) is 18.6. The van der Waals surface area contributed by atoms with Crippen LogP contribution in [0.2, 0.25) is 0 Å². The summed E-state index contributed by atoms with van der Waals surface area (Å²) in [6.45, 7) is 20.0. The highest BCUT2D eigenvalue weighted by Gasteiger charge is 2.52. The van der Waals surface area contributed by atoms with Crippen LogP contribution in [0, 0.1) is 17.8 Å². The Morgan fingerprint density at radius 2 is 0.806 bits per heavy atom. The van der Waals surface area contributed by atoms with E-state index in [0.29, 0.717) is 42.3 Å². The molecule has 27 nitrogen and oxygen atoms in total. The molecular weight excluding hydrogens is 1690 g/mol. The summed E-state index contributed by atoms with van der Waals surface area (Å²) in [6, 6.07) is 41.7. The molecule has 2 amide bonds. The Morgan fingerprint density at radius 3 is 1.15 bits per heavy atom. The maximum Gasteiger partial charge on any atom is 0.337 e. The van der Waals surface area contributed by atoms with Gasteiger partial charge in [0.2, 0.25) is 0 Å². The molecule has 32 heteroatoms. The van der Waals surface area contributed by atoms with Gasteiger partial charge in [-0.05, 0) is 213 Å². The highest BCUT2D eigenvalue weighted by molar-refractivity contribution is 8.76. The van der Waals surface area contributed by atoms with Crippen molar-refractivity contribution in [2.24, 2.45) is 17.8 Å². The molecular formula is C92H120N3O24PS4. The molecule has 0 aromatic heterocycles. The number of carbonyl (C=O) groups excluding carboxylic acids is 9. The third kappa shape index (κ3) is 36.0. The zero-order chi connectivity index (χ0) is 91.6. The Kier molecular flexibility index (Phi) is 46.3. The van der Waals surface area contributed by atoms with Gasteiger partial charge in [-0.2, -0.15) is 0 Å². The minimum absolute atomic E-state index is 0.0546. The summed E-state index contributed by atoms with van der Waals surface area (Å²) < 4.78 is 39.7. The van der Waals surface area contributed by atoms with Gasteiger partial charge in [-0.3, -0.25) is 28.8 Å². The van der Waals surface area contributed by atoms with Crippen LogP contribution in [-0.4, -0.2) is 235 Å². The van der Waals surface area contributed by atoms with Gasteiger partial charge in [-0.1, -0.05) is 98.0 Å². The smallest absolute Gasteiger partial charge is 0.337 e. The number of likely N-dealkylation sites (tertiary alicyclic amines) is 2.